The molecule has 16 heavy (non-hydrogen) atoms. The van der Waals surface area contributed by atoms with Crippen LogP contribution in [0.3, 0.4) is 0 Å². The smallest absolute Gasteiger partial charge is 0.225 e. The summed E-state index contributed by atoms with van der Waals surface area (Å²) in [7, 11) is -3.00. The van der Waals surface area contributed by atoms with Gasteiger partial charge in [0, 0.05) is 18.2 Å². The third kappa shape index (κ3) is 6.82. The van der Waals surface area contributed by atoms with E-state index in [0.29, 0.717) is 5.92 Å². The van der Waals surface area contributed by atoms with Crippen molar-refractivity contribution in [1.29, 1.82) is 0 Å². The molecule has 0 fully saturated rings. The van der Waals surface area contributed by atoms with E-state index in [1.165, 1.54) is 6.26 Å². The normalized spacial score (nSPS) is 12.9. The van der Waals surface area contributed by atoms with Gasteiger partial charge in [0.25, 0.3) is 0 Å². The Bertz CT molecular complexity index is 331. The molecular formula is C11H23NO3S. The van der Waals surface area contributed by atoms with E-state index < -0.39 is 15.3 Å². The molecule has 5 heteroatoms. The Balaban J connectivity index is 4.15. The number of hydrogen-bond donors (Lipinski definition) is 1. The molecule has 0 aromatic rings. The summed E-state index contributed by atoms with van der Waals surface area (Å²) in [5, 5.41) is 2.67. The van der Waals surface area contributed by atoms with Gasteiger partial charge in [-0.05, 0) is 12.3 Å². The summed E-state index contributed by atoms with van der Waals surface area (Å²) in [6.07, 6.45) is 1.95. The van der Waals surface area contributed by atoms with Gasteiger partial charge in [-0.2, -0.15) is 0 Å². The van der Waals surface area contributed by atoms with E-state index in [9.17, 15) is 13.2 Å². The fraction of sp³-hybridized carbons (Fsp3) is 0.909. The van der Waals surface area contributed by atoms with Gasteiger partial charge in [0.15, 0.2) is 0 Å². The number of amides is 1. The van der Waals surface area contributed by atoms with Crippen LogP contribution in [0.5, 0.6) is 0 Å². The van der Waals surface area contributed by atoms with E-state index in [1.807, 2.05) is 13.8 Å². The molecule has 0 unspecified atom stereocenters. The molecule has 4 nitrogen and oxygen atoms in total. The molecule has 1 N–H and O–H groups in total. The van der Waals surface area contributed by atoms with Crippen molar-refractivity contribution in [3.05, 3.63) is 0 Å². The van der Waals surface area contributed by atoms with Crippen LogP contribution >= 0.6 is 0 Å². The maximum Gasteiger partial charge on any atom is 0.225 e. The molecule has 0 spiro atoms. The van der Waals surface area contributed by atoms with Gasteiger partial charge in [-0.1, -0.05) is 27.7 Å². The Morgan fingerprint density at radius 1 is 1.31 bits per heavy atom. The summed E-state index contributed by atoms with van der Waals surface area (Å²) in [5.41, 5.74) is -0.439. The lowest BCUT2D eigenvalue weighted by Gasteiger charge is -2.25. The minimum Gasteiger partial charge on any atom is -0.355 e. The second-order valence-corrected chi connectivity index (χ2v) is 7.63. The van der Waals surface area contributed by atoms with Crippen LogP contribution in [0.25, 0.3) is 0 Å². The zero-order valence-corrected chi connectivity index (χ0v) is 11.6. The van der Waals surface area contributed by atoms with Gasteiger partial charge >= 0.3 is 0 Å². The predicted octanol–water partition coefficient (Wildman–Crippen LogP) is 1.22. The van der Waals surface area contributed by atoms with Crippen LogP contribution in [0, 0.1) is 11.3 Å². The van der Waals surface area contributed by atoms with Crippen LogP contribution in [0.15, 0.2) is 0 Å². The maximum absolute atomic E-state index is 11.8. The Morgan fingerprint density at radius 3 is 2.19 bits per heavy atom. The molecular weight excluding hydrogens is 226 g/mol. The van der Waals surface area contributed by atoms with Gasteiger partial charge in [0.1, 0.15) is 9.84 Å². The van der Waals surface area contributed by atoms with Crippen LogP contribution in [0.4, 0.5) is 0 Å². The van der Waals surface area contributed by atoms with Crippen LogP contribution < -0.4 is 5.32 Å². The Morgan fingerprint density at radius 2 is 1.81 bits per heavy atom. The fourth-order valence-corrected chi connectivity index (χ4v) is 2.18. The van der Waals surface area contributed by atoms with Gasteiger partial charge in [0.05, 0.1) is 5.75 Å². The average Bonchev–Trinajstić information content (AvgIpc) is 1.98. The quantitative estimate of drug-likeness (QED) is 0.770. The van der Waals surface area contributed by atoms with Gasteiger partial charge < -0.3 is 5.32 Å². The van der Waals surface area contributed by atoms with Gasteiger partial charge in [-0.15, -0.1) is 0 Å². The largest absolute Gasteiger partial charge is 0.355 e. The molecule has 0 aromatic carbocycles. The van der Waals surface area contributed by atoms with Crippen molar-refractivity contribution < 1.29 is 13.2 Å². The highest BCUT2D eigenvalue weighted by atomic mass is 32.2. The number of rotatable bonds is 6. The Labute approximate surface area is 98.7 Å². The molecule has 0 saturated carbocycles. The summed E-state index contributed by atoms with van der Waals surface area (Å²) in [5.74, 6) is 0.358. The molecule has 0 radical (unpaired) electrons. The number of carbonyl (C=O) groups is 1. The van der Waals surface area contributed by atoms with Crippen LogP contribution in [-0.2, 0) is 14.6 Å². The minimum absolute atomic E-state index is 0.00347. The molecule has 96 valence electrons. The summed E-state index contributed by atoms with van der Waals surface area (Å²) in [6.45, 7) is 8.07. The molecule has 1 amide bonds. The van der Waals surface area contributed by atoms with E-state index >= 15 is 0 Å². The van der Waals surface area contributed by atoms with Crippen molar-refractivity contribution in [2.45, 2.75) is 34.1 Å². The first-order valence-electron chi connectivity index (χ1n) is 5.50. The zero-order chi connectivity index (χ0) is 13.0. The van der Waals surface area contributed by atoms with Crippen molar-refractivity contribution in [3.63, 3.8) is 0 Å². The maximum atomic E-state index is 11.8. The summed E-state index contributed by atoms with van der Waals surface area (Å²) < 4.78 is 21.8. The number of nitrogens with one attached hydrogen (secondary N) is 1. The molecule has 0 heterocycles. The summed E-state index contributed by atoms with van der Waals surface area (Å²) >= 11 is 0. The van der Waals surface area contributed by atoms with Gasteiger partial charge in [0.2, 0.25) is 5.91 Å². The van der Waals surface area contributed by atoms with Crippen LogP contribution in [0.1, 0.15) is 34.1 Å². The van der Waals surface area contributed by atoms with Crippen molar-refractivity contribution in [2.75, 3.05) is 18.6 Å². The minimum atomic E-state index is -3.00. The first-order valence-corrected chi connectivity index (χ1v) is 7.56. The number of sulfone groups is 1. The van der Waals surface area contributed by atoms with E-state index in [1.54, 1.807) is 0 Å². The lowest BCUT2D eigenvalue weighted by molar-refractivity contribution is -0.130. The molecule has 0 atom stereocenters. The molecule has 0 aliphatic rings. The molecule has 0 aliphatic carbocycles. The second kappa shape index (κ2) is 5.66. The number of hydrogen-bond acceptors (Lipinski definition) is 3. The lowest BCUT2D eigenvalue weighted by atomic mass is 9.83. The highest BCUT2D eigenvalue weighted by Gasteiger charge is 2.28. The fourth-order valence-electron chi connectivity index (χ4n) is 1.70. The van der Waals surface area contributed by atoms with Crippen molar-refractivity contribution in [2.24, 2.45) is 11.3 Å². The highest BCUT2D eigenvalue weighted by Crippen LogP contribution is 2.25. The van der Waals surface area contributed by atoms with Gasteiger partial charge in [-0.25, -0.2) is 8.42 Å². The summed E-state index contributed by atoms with van der Waals surface area (Å²) in [4.78, 5) is 11.8. The average molecular weight is 249 g/mol. The van der Waals surface area contributed by atoms with Crippen molar-refractivity contribution in [3.8, 4) is 0 Å². The SMILES string of the molecule is CC(C)CC(C)(C)C(=O)NCCS(C)(=O)=O. The molecule has 0 bridgehead atoms. The molecule has 0 saturated heterocycles. The topological polar surface area (TPSA) is 63.2 Å². The van der Waals surface area contributed by atoms with Crippen LogP contribution in [-0.4, -0.2) is 32.9 Å². The molecule has 0 rings (SSSR count). The highest BCUT2D eigenvalue weighted by molar-refractivity contribution is 7.90. The van der Waals surface area contributed by atoms with E-state index in [-0.39, 0.29) is 18.2 Å². The molecule has 0 aromatic heterocycles. The van der Waals surface area contributed by atoms with E-state index in [0.717, 1.165) is 6.42 Å². The van der Waals surface area contributed by atoms with Crippen molar-refractivity contribution >= 4 is 15.7 Å². The monoisotopic (exact) mass is 249 g/mol. The van der Waals surface area contributed by atoms with Gasteiger partial charge in [-0.3, -0.25) is 4.79 Å². The summed E-state index contributed by atoms with van der Waals surface area (Å²) in [6, 6.07) is 0. The third-order valence-electron chi connectivity index (χ3n) is 2.29. The number of carbonyl (C=O) groups excluding carboxylic acids is 1. The Hall–Kier alpha value is -0.580. The third-order valence-corrected chi connectivity index (χ3v) is 3.24. The Kier molecular flexibility index (Phi) is 5.46. The first kappa shape index (κ1) is 15.4. The molecule has 0 aliphatic heterocycles. The van der Waals surface area contributed by atoms with Crippen molar-refractivity contribution in [1.82, 2.24) is 5.32 Å². The standard InChI is InChI=1S/C11H23NO3S/c1-9(2)8-11(3,4)10(13)12-6-7-16(5,14)15/h9H,6-8H2,1-5H3,(H,12,13). The zero-order valence-electron chi connectivity index (χ0n) is 10.8. The predicted molar refractivity (Wildman–Crippen MR) is 66.0 cm³/mol. The van der Waals surface area contributed by atoms with Crippen LogP contribution in [0.2, 0.25) is 0 Å². The second-order valence-electron chi connectivity index (χ2n) is 5.37. The lowest BCUT2D eigenvalue weighted by Crippen LogP contribution is -2.39. The first-order chi connectivity index (χ1) is 7.04. The van der Waals surface area contributed by atoms with E-state index in [2.05, 4.69) is 19.2 Å². The van der Waals surface area contributed by atoms with E-state index in [4.69, 9.17) is 0 Å².